The Hall–Kier alpha value is -3.47. The summed E-state index contributed by atoms with van der Waals surface area (Å²) in [5.41, 5.74) is -0.113. The summed E-state index contributed by atoms with van der Waals surface area (Å²) in [5.74, 6) is -1.85. The predicted molar refractivity (Wildman–Crippen MR) is 118 cm³/mol. The van der Waals surface area contributed by atoms with Gasteiger partial charge >= 0.3 is 12.2 Å². The number of hydrogen-bond donors (Lipinski definition) is 1. The number of likely N-dealkylation sites (tertiary alicyclic amines) is 2. The average molecular weight is 507 g/mol. The topological polar surface area (TPSA) is 69.8 Å². The van der Waals surface area contributed by atoms with E-state index in [1.54, 1.807) is 4.90 Å². The molecule has 3 heterocycles. The Bertz CT molecular complexity index is 1250. The second-order valence-electron chi connectivity index (χ2n) is 9.19. The van der Waals surface area contributed by atoms with Gasteiger partial charge in [-0.2, -0.15) is 13.2 Å². The molecule has 2 aliphatic rings. The van der Waals surface area contributed by atoms with Crippen molar-refractivity contribution in [3.05, 3.63) is 77.4 Å². The number of aromatic nitrogens is 1. The van der Waals surface area contributed by atoms with Gasteiger partial charge in [-0.3, -0.25) is 0 Å². The number of hydrogen-bond acceptors (Lipinski definition) is 4. The van der Waals surface area contributed by atoms with Crippen LogP contribution in [0.15, 0.2) is 53.1 Å². The number of alkyl halides is 3. The number of carbonyl (C=O) groups is 1. The number of β-amino-alcohol motifs (C(OH)–C–C–N with tert-alkyl or cyclic N) is 1. The highest BCUT2D eigenvalue weighted by molar-refractivity contribution is 5.76. The summed E-state index contributed by atoms with van der Waals surface area (Å²) in [7, 11) is 0. The van der Waals surface area contributed by atoms with Crippen LogP contribution in [0.3, 0.4) is 0 Å². The van der Waals surface area contributed by atoms with E-state index in [1.165, 1.54) is 23.3 Å². The van der Waals surface area contributed by atoms with Gasteiger partial charge in [0.2, 0.25) is 0 Å². The lowest BCUT2D eigenvalue weighted by atomic mass is 9.84. The van der Waals surface area contributed by atoms with Crippen molar-refractivity contribution in [2.75, 3.05) is 26.2 Å². The molecule has 11 heteroatoms. The summed E-state index contributed by atoms with van der Waals surface area (Å²) in [5, 5.41) is 9.58. The molecule has 6 nitrogen and oxygen atoms in total. The molecular formula is C25H22F5N3O3. The van der Waals surface area contributed by atoms with Gasteiger partial charge < -0.3 is 19.3 Å². The minimum absolute atomic E-state index is 0.0670. The van der Waals surface area contributed by atoms with E-state index < -0.39 is 35.4 Å². The average Bonchev–Trinajstić information content (AvgIpc) is 3.32. The summed E-state index contributed by atoms with van der Waals surface area (Å²) >= 11 is 0. The first-order chi connectivity index (χ1) is 17.1. The summed E-state index contributed by atoms with van der Waals surface area (Å²) in [6, 6.07) is 7.50. The van der Waals surface area contributed by atoms with E-state index in [2.05, 4.69) is 4.98 Å². The highest BCUT2D eigenvalue weighted by Crippen LogP contribution is 2.38. The number of piperidine rings is 1. The van der Waals surface area contributed by atoms with Crippen LogP contribution in [0.2, 0.25) is 0 Å². The van der Waals surface area contributed by atoms with Gasteiger partial charge in [0, 0.05) is 24.6 Å². The summed E-state index contributed by atoms with van der Waals surface area (Å²) in [4.78, 5) is 20.4. The lowest BCUT2D eigenvalue weighted by Gasteiger charge is -2.43. The first kappa shape index (κ1) is 24.2. The predicted octanol–water partition coefficient (Wildman–Crippen LogP) is 5.01. The number of oxazole rings is 1. The van der Waals surface area contributed by atoms with Crippen LogP contribution in [-0.4, -0.2) is 58.2 Å². The molecule has 0 radical (unpaired) electrons. The molecule has 2 atom stereocenters. The molecule has 36 heavy (non-hydrogen) atoms. The maximum atomic E-state index is 14.2. The Morgan fingerprint density at radius 1 is 0.972 bits per heavy atom. The van der Waals surface area contributed by atoms with Crippen LogP contribution in [0.1, 0.15) is 35.3 Å². The molecule has 190 valence electrons. The van der Waals surface area contributed by atoms with Crippen LogP contribution in [-0.2, 0) is 6.18 Å². The number of aliphatic hydroxyl groups is 1. The minimum Gasteiger partial charge on any atom is -0.448 e. The molecule has 5 rings (SSSR count). The van der Waals surface area contributed by atoms with Crippen LogP contribution in [0.4, 0.5) is 26.7 Å². The molecule has 2 saturated heterocycles. The fourth-order valence-corrected chi connectivity index (χ4v) is 4.72. The van der Waals surface area contributed by atoms with Gasteiger partial charge in [0.1, 0.15) is 23.6 Å². The van der Waals surface area contributed by atoms with Gasteiger partial charge in [-0.15, -0.1) is 0 Å². The molecule has 2 aromatic carbocycles. The van der Waals surface area contributed by atoms with Gasteiger partial charge in [-0.25, -0.2) is 18.6 Å². The van der Waals surface area contributed by atoms with E-state index >= 15 is 0 Å². The van der Waals surface area contributed by atoms with Crippen molar-refractivity contribution in [2.45, 2.75) is 30.5 Å². The second-order valence-corrected chi connectivity index (χ2v) is 9.19. The van der Waals surface area contributed by atoms with Crippen molar-refractivity contribution in [1.82, 2.24) is 14.8 Å². The van der Waals surface area contributed by atoms with Crippen LogP contribution in [0, 0.1) is 11.6 Å². The van der Waals surface area contributed by atoms with Crippen molar-refractivity contribution in [3.63, 3.8) is 0 Å². The summed E-state index contributed by atoms with van der Waals surface area (Å²) < 4.78 is 72.6. The number of carbonyl (C=O) groups excluding carboxylic acids is 1. The highest BCUT2D eigenvalue weighted by atomic mass is 19.4. The van der Waals surface area contributed by atoms with Crippen molar-refractivity contribution in [1.29, 1.82) is 0 Å². The van der Waals surface area contributed by atoms with E-state index in [0.717, 1.165) is 30.3 Å². The van der Waals surface area contributed by atoms with Gasteiger partial charge in [-0.05, 0) is 42.3 Å². The number of aliphatic hydroxyl groups excluding tert-OH is 1. The Labute approximate surface area is 203 Å². The molecule has 2 unspecified atom stereocenters. The maximum Gasteiger partial charge on any atom is 0.416 e. The fourth-order valence-electron chi connectivity index (χ4n) is 4.72. The molecule has 0 spiro atoms. The quantitative estimate of drug-likeness (QED) is 0.507. The van der Waals surface area contributed by atoms with Crippen molar-refractivity contribution < 1.29 is 36.3 Å². The van der Waals surface area contributed by atoms with Crippen molar-refractivity contribution in [2.24, 2.45) is 0 Å². The van der Waals surface area contributed by atoms with Gasteiger partial charge in [0.25, 0.3) is 0 Å². The molecule has 1 N–H and O–H groups in total. The van der Waals surface area contributed by atoms with E-state index in [0.29, 0.717) is 12.0 Å². The van der Waals surface area contributed by atoms with Crippen LogP contribution in [0.5, 0.6) is 0 Å². The van der Waals surface area contributed by atoms with Gasteiger partial charge in [0.05, 0.1) is 30.7 Å². The third-order valence-electron chi connectivity index (χ3n) is 6.64. The number of halogens is 5. The summed E-state index contributed by atoms with van der Waals surface area (Å²) in [6.45, 7) is 0.882. The van der Waals surface area contributed by atoms with Crippen LogP contribution < -0.4 is 0 Å². The van der Waals surface area contributed by atoms with E-state index in [9.17, 15) is 31.9 Å². The normalized spacial score (nSPS) is 20.9. The van der Waals surface area contributed by atoms with E-state index in [4.69, 9.17) is 4.42 Å². The first-order valence-electron chi connectivity index (χ1n) is 11.4. The third-order valence-corrected chi connectivity index (χ3v) is 6.64. The number of urea groups is 1. The lowest BCUT2D eigenvalue weighted by molar-refractivity contribution is -0.137. The Morgan fingerprint density at radius 2 is 1.64 bits per heavy atom. The number of rotatable bonds is 3. The largest absolute Gasteiger partial charge is 0.448 e. The van der Waals surface area contributed by atoms with Crippen molar-refractivity contribution >= 4 is 6.03 Å². The van der Waals surface area contributed by atoms with Crippen molar-refractivity contribution in [3.8, 4) is 11.3 Å². The monoisotopic (exact) mass is 507 g/mol. The smallest absolute Gasteiger partial charge is 0.416 e. The Kier molecular flexibility index (Phi) is 6.19. The first-order valence-corrected chi connectivity index (χ1v) is 11.4. The zero-order chi connectivity index (χ0) is 25.6. The Morgan fingerprint density at radius 3 is 2.31 bits per heavy atom. The van der Waals surface area contributed by atoms with Gasteiger partial charge in [-0.1, -0.05) is 12.1 Å². The molecule has 1 aromatic heterocycles. The summed E-state index contributed by atoms with van der Waals surface area (Å²) in [6.07, 6.45) is -3.42. The zero-order valence-electron chi connectivity index (χ0n) is 18.9. The number of nitrogens with zero attached hydrogens (tertiary/aromatic N) is 3. The SMILES string of the molecule is O=C(N1CC(O)C1)N1CC(c2ccc(C(F)(F)F)cc2)CC(c2nc(-c3cc(F)ccc3F)co2)C1. The fraction of sp³-hybridized carbons (Fsp3) is 0.360. The van der Waals surface area contributed by atoms with Gasteiger partial charge in [0.15, 0.2) is 5.89 Å². The van der Waals surface area contributed by atoms with E-state index in [-0.39, 0.29) is 55.3 Å². The maximum absolute atomic E-state index is 14.2. The molecular weight excluding hydrogens is 485 g/mol. The van der Waals surface area contributed by atoms with E-state index in [1.807, 2.05) is 0 Å². The Balaban J connectivity index is 1.43. The number of benzene rings is 2. The molecule has 0 aliphatic carbocycles. The molecule has 2 amide bonds. The highest BCUT2D eigenvalue weighted by Gasteiger charge is 2.39. The molecule has 2 aliphatic heterocycles. The van der Waals surface area contributed by atoms with Crippen LogP contribution in [0.25, 0.3) is 11.3 Å². The number of amides is 2. The zero-order valence-corrected chi connectivity index (χ0v) is 18.9. The molecule has 3 aromatic rings. The minimum atomic E-state index is -4.46. The molecule has 2 fully saturated rings. The van der Waals surface area contributed by atoms with Crippen LogP contribution >= 0.6 is 0 Å². The third kappa shape index (κ3) is 4.79. The molecule has 0 bridgehead atoms. The standard InChI is InChI=1S/C25H22F5N3O3/c26-18-5-6-21(27)20(8-18)22-13-36-23(31-22)16-7-15(14-1-3-17(4-2-14)25(28,29)30)9-32(10-16)24(35)33-11-19(34)12-33/h1-6,8,13,15-16,19,34H,7,9-12H2. The lowest BCUT2D eigenvalue weighted by Crippen LogP contribution is -2.59. The second kappa shape index (κ2) is 9.20. The molecule has 0 saturated carbocycles.